The highest BCUT2D eigenvalue weighted by Crippen LogP contribution is 2.38. The molecule has 0 spiro atoms. The summed E-state index contributed by atoms with van der Waals surface area (Å²) < 4.78 is 0. The topological polar surface area (TPSA) is 28.7 Å². The van der Waals surface area contributed by atoms with E-state index in [0.717, 1.165) is 23.3 Å². The van der Waals surface area contributed by atoms with E-state index in [9.17, 15) is 0 Å². The molecule has 1 unspecified atom stereocenters. The normalized spacial score (nSPS) is 17.8. The number of rotatable bonds is 1. The quantitative estimate of drug-likeness (QED) is 0.670. The third-order valence-corrected chi connectivity index (χ3v) is 3.59. The molecule has 4 rings (SSSR count). The number of nitrogens with zero attached hydrogens (tertiary/aromatic N) is 1. The first-order valence-electron chi connectivity index (χ1n) is 5.94. The van der Waals surface area contributed by atoms with Crippen molar-refractivity contribution in [3.8, 4) is 0 Å². The van der Waals surface area contributed by atoms with Crippen LogP contribution in [0.4, 0.5) is 0 Å². The second-order valence-electron chi connectivity index (χ2n) is 4.59. The fraction of sp³-hybridized carbons (Fsp3) is 0.133. The standard InChI is InChI=1S/C15H12N2/c1-2-6-11-10(5-1)9-12(11)15-16-13-7-3-4-8-14(13)17-15/h1-8,12H,9H2,(H,16,17). The molecule has 0 radical (unpaired) electrons. The summed E-state index contributed by atoms with van der Waals surface area (Å²) in [6, 6.07) is 16.8. The van der Waals surface area contributed by atoms with Crippen molar-refractivity contribution in [1.82, 2.24) is 9.97 Å². The highest BCUT2D eigenvalue weighted by atomic mass is 14.9. The number of aromatic amines is 1. The van der Waals surface area contributed by atoms with E-state index in [-0.39, 0.29) is 0 Å². The van der Waals surface area contributed by atoms with Crippen molar-refractivity contribution < 1.29 is 0 Å². The van der Waals surface area contributed by atoms with Gasteiger partial charge in [-0.25, -0.2) is 4.98 Å². The van der Waals surface area contributed by atoms with Crippen LogP contribution >= 0.6 is 0 Å². The van der Waals surface area contributed by atoms with Gasteiger partial charge in [-0.1, -0.05) is 36.4 Å². The van der Waals surface area contributed by atoms with Crippen LogP contribution in [0.25, 0.3) is 11.0 Å². The van der Waals surface area contributed by atoms with E-state index in [0.29, 0.717) is 5.92 Å². The van der Waals surface area contributed by atoms with Crippen LogP contribution in [0.5, 0.6) is 0 Å². The summed E-state index contributed by atoms with van der Waals surface area (Å²) in [5.41, 5.74) is 5.07. The molecule has 1 heterocycles. The Morgan fingerprint density at radius 1 is 1.00 bits per heavy atom. The molecule has 0 aliphatic heterocycles. The maximum atomic E-state index is 4.68. The summed E-state index contributed by atoms with van der Waals surface area (Å²) in [6.07, 6.45) is 1.11. The number of hydrogen-bond acceptors (Lipinski definition) is 1. The number of para-hydroxylation sites is 2. The van der Waals surface area contributed by atoms with Gasteiger partial charge in [-0.15, -0.1) is 0 Å². The Morgan fingerprint density at radius 3 is 2.71 bits per heavy atom. The van der Waals surface area contributed by atoms with E-state index < -0.39 is 0 Å². The fourth-order valence-corrected chi connectivity index (χ4v) is 2.64. The average Bonchev–Trinajstić information content (AvgIpc) is 2.73. The number of benzene rings is 2. The molecule has 3 aromatic rings. The molecule has 1 N–H and O–H groups in total. The second kappa shape index (κ2) is 3.20. The highest BCUT2D eigenvalue weighted by molar-refractivity contribution is 5.75. The zero-order chi connectivity index (χ0) is 11.2. The third-order valence-electron chi connectivity index (χ3n) is 3.59. The number of hydrogen-bond donors (Lipinski definition) is 1. The molecule has 82 valence electrons. The lowest BCUT2D eigenvalue weighted by Crippen LogP contribution is -2.18. The van der Waals surface area contributed by atoms with Crippen molar-refractivity contribution >= 4 is 11.0 Å². The van der Waals surface area contributed by atoms with Crippen molar-refractivity contribution in [3.63, 3.8) is 0 Å². The van der Waals surface area contributed by atoms with Crippen LogP contribution in [0, 0.1) is 0 Å². The van der Waals surface area contributed by atoms with Gasteiger partial charge in [-0.05, 0) is 29.7 Å². The van der Waals surface area contributed by atoms with E-state index in [4.69, 9.17) is 0 Å². The first kappa shape index (κ1) is 8.99. The van der Waals surface area contributed by atoms with E-state index in [2.05, 4.69) is 46.4 Å². The van der Waals surface area contributed by atoms with Gasteiger partial charge in [0.1, 0.15) is 5.82 Å². The molecule has 2 heteroatoms. The molecule has 0 saturated heterocycles. The lowest BCUT2D eigenvalue weighted by atomic mass is 9.77. The van der Waals surface area contributed by atoms with Gasteiger partial charge < -0.3 is 4.98 Å². The van der Waals surface area contributed by atoms with Crippen LogP contribution in [0.2, 0.25) is 0 Å². The number of nitrogens with one attached hydrogen (secondary N) is 1. The first-order chi connectivity index (χ1) is 8.42. The molecule has 1 atom stereocenters. The monoisotopic (exact) mass is 220 g/mol. The molecule has 1 aliphatic carbocycles. The summed E-state index contributed by atoms with van der Waals surface area (Å²) in [6.45, 7) is 0. The minimum Gasteiger partial charge on any atom is -0.341 e. The van der Waals surface area contributed by atoms with Gasteiger partial charge in [-0.3, -0.25) is 0 Å². The SMILES string of the molecule is c1ccc2c(c1)CC2c1nc2ccccc2[nH]1. The van der Waals surface area contributed by atoms with Gasteiger partial charge in [0.25, 0.3) is 0 Å². The van der Waals surface area contributed by atoms with Crippen molar-refractivity contribution in [2.24, 2.45) is 0 Å². The zero-order valence-electron chi connectivity index (χ0n) is 9.35. The lowest BCUT2D eigenvalue weighted by molar-refractivity contribution is 0.671. The zero-order valence-corrected chi connectivity index (χ0v) is 9.35. The largest absolute Gasteiger partial charge is 0.341 e. The summed E-state index contributed by atoms with van der Waals surface area (Å²) in [5, 5.41) is 0. The van der Waals surface area contributed by atoms with Crippen LogP contribution in [0.15, 0.2) is 48.5 Å². The molecule has 0 fully saturated rings. The summed E-state index contributed by atoms with van der Waals surface area (Å²) in [7, 11) is 0. The van der Waals surface area contributed by atoms with Gasteiger partial charge >= 0.3 is 0 Å². The minimum absolute atomic E-state index is 0.457. The molecule has 2 nitrogen and oxygen atoms in total. The smallest absolute Gasteiger partial charge is 0.115 e. The van der Waals surface area contributed by atoms with Gasteiger partial charge in [0.05, 0.1) is 11.0 Å². The molecule has 0 bridgehead atoms. The Morgan fingerprint density at radius 2 is 1.82 bits per heavy atom. The van der Waals surface area contributed by atoms with E-state index in [1.807, 2.05) is 12.1 Å². The summed E-state index contributed by atoms with van der Waals surface area (Å²) >= 11 is 0. The summed E-state index contributed by atoms with van der Waals surface area (Å²) in [4.78, 5) is 8.11. The Kier molecular flexibility index (Phi) is 1.69. The van der Waals surface area contributed by atoms with Crippen molar-refractivity contribution in [1.29, 1.82) is 0 Å². The molecule has 0 amide bonds. The molecule has 2 aromatic carbocycles. The van der Waals surface area contributed by atoms with Crippen LogP contribution in [0.3, 0.4) is 0 Å². The highest BCUT2D eigenvalue weighted by Gasteiger charge is 2.29. The maximum absolute atomic E-state index is 4.68. The molecule has 1 aromatic heterocycles. The third kappa shape index (κ3) is 1.24. The van der Waals surface area contributed by atoms with Gasteiger partial charge in [-0.2, -0.15) is 0 Å². The average molecular weight is 220 g/mol. The van der Waals surface area contributed by atoms with E-state index in [1.165, 1.54) is 11.1 Å². The Hall–Kier alpha value is -2.09. The maximum Gasteiger partial charge on any atom is 0.115 e. The number of imidazole rings is 1. The Labute approximate surface area is 99.3 Å². The van der Waals surface area contributed by atoms with Crippen LogP contribution in [-0.4, -0.2) is 9.97 Å². The van der Waals surface area contributed by atoms with Gasteiger partial charge in [0, 0.05) is 5.92 Å². The lowest BCUT2D eigenvalue weighted by Gasteiger charge is -2.28. The van der Waals surface area contributed by atoms with E-state index in [1.54, 1.807) is 0 Å². The molecule has 1 aliphatic rings. The second-order valence-corrected chi connectivity index (χ2v) is 4.59. The number of H-pyrrole nitrogens is 1. The van der Waals surface area contributed by atoms with Crippen molar-refractivity contribution in [3.05, 3.63) is 65.5 Å². The Balaban J connectivity index is 1.82. The van der Waals surface area contributed by atoms with Gasteiger partial charge in [0.2, 0.25) is 0 Å². The first-order valence-corrected chi connectivity index (χ1v) is 5.94. The van der Waals surface area contributed by atoms with Crippen molar-refractivity contribution in [2.75, 3.05) is 0 Å². The van der Waals surface area contributed by atoms with E-state index >= 15 is 0 Å². The predicted molar refractivity (Wildman–Crippen MR) is 68.1 cm³/mol. The molecule has 17 heavy (non-hydrogen) atoms. The summed E-state index contributed by atoms with van der Waals surface area (Å²) in [5.74, 6) is 1.56. The van der Waals surface area contributed by atoms with Crippen LogP contribution in [0.1, 0.15) is 22.9 Å². The molecular formula is C15H12N2. The van der Waals surface area contributed by atoms with Crippen LogP contribution in [-0.2, 0) is 6.42 Å². The number of aromatic nitrogens is 2. The van der Waals surface area contributed by atoms with Crippen molar-refractivity contribution in [2.45, 2.75) is 12.3 Å². The van der Waals surface area contributed by atoms with Gasteiger partial charge in [0.15, 0.2) is 0 Å². The predicted octanol–water partition coefficient (Wildman–Crippen LogP) is 3.25. The Bertz CT molecular complexity index is 664. The minimum atomic E-state index is 0.457. The molecular weight excluding hydrogens is 208 g/mol. The van der Waals surface area contributed by atoms with Crippen LogP contribution < -0.4 is 0 Å². The molecule has 0 saturated carbocycles. The number of fused-ring (bicyclic) bond motifs is 2. The fourth-order valence-electron chi connectivity index (χ4n) is 2.64.